The zero-order valence-electron chi connectivity index (χ0n) is 20.1. The van der Waals surface area contributed by atoms with Crippen LogP contribution in [-0.4, -0.2) is 40.7 Å². The van der Waals surface area contributed by atoms with Crippen LogP contribution in [-0.2, 0) is 14.4 Å². The van der Waals surface area contributed by atoms with E-state index in [0.29, 0.717) is 0 Å². The van der Waals surface area contributed by atoms with Gasteiger partial charge in [0.05, 0.1) is 18.9 Å². The molecule has 0 radical (unpaired) electrons. The molecule has 0 heterocycles. The highest BCUT2D eigenvalue weighted by molar-refractivity contribution is 7.88. The van der Waals surface area contributed by atoms with E-state index in [0.717, 1.165) is 22.2 Å². The molecule has 0 aliphatic rings. The Bertz CT molecular complexity index is 1150. The fourth-order valence-corrected chi connectivity index (χ4v) is 9.47. The molecule has 3 aromatic carbocycles. The fourth-order valence-electron chi connectivity index (χ4n) is 4.19. The Morgan fingerprint density at radius 1 is 0.912 bits per heavy atom. The van der Waals surface area contributed by atoms with Gasteiger partial charge in [-0.05, 0) is 33.1 Å². The largest absolute Gasteiger partial charge is 0.508 e. The highest BCUT2D eigenvalue weighted by Gasteiger charge is 2.50. The molecule has 0 aliphatic carbocycles. The van der Waals surface area contributed by atoms with Crippen molar-refractivity contribution in [1.29, 1.82) is 0 Å². The zero-order chi connectivity index (χ0) is 24.8. The number of phenolic OH excluding ortho intramolecular Hbond substituents is 1. The molecule has 3 rings (SSSR count). The minimum Gasteiger partial charge on any atom is -0.508 e. The Morgan fingerprint density at radius 3 is 1.85 bits per heavy atom. The summed E-state index contributed by atoms with van der Waals surface area (Å²) in [6.07, 6.45) is 4.78. The lowest BCUT2D eigenvalue weighted by atomic mass is 10.2. The lowest BCUT2D eigenvalue weighted by Gasteiger charge is -2.43. The van der Waals surface area contributed by atoms with E-state index >= 15 is 0 Å². The van der Waals surface area contributed by atoms with Gasteiger partial charge in [0.25, 0.3) is 8.32 Å². The summed E-state index contributed by atoms with van der Waals surface area (Å²) in [7, 11) is -6.28. The Kier molecular flexibility index (Phi) is 8.15. The molecule has 34 heavy (non-hydrogen) atoms. The van der Waals surface area contributed by atoms with Crippen LogP contribution in [0.15, 0.2) is 91.0 Å². The highest BCUT2D eigenvalue weighted by atomic mass is 32.2. The molecule has 1 atom stereocenters. The average molecular weight is 496 g/mol. The first-order chi connectivity index (χ1) is 16.0. The van der Waals surface area contributed by atoms with Gasteiger partial charge in [0.15, 0.2) is 0 Å². The van der Waals surface area contributed by atoms with Crippen molar-refractivity contribution in [2.45, 2.75) is 31.9 Å². The van der Waals surface area contributed by atoms with Gasteiger partial charge in [0, 0.05) is 0 Å². The van der Waals surface area contributed by atoms with Gasteiger partial charge in [-0.15, -0.1) is 0 Å². The van der Waals surface area contributed by atoms with E-state index in [-0.39, 0.29) is 17.4 Å². The van der Waals surface area contributed by atoms with E-state index in [4.69, 9.17) is 4.43 Å². The van der Waals surface area contributed by atoms with Gasteiger partial charge >= 0.3 is 0 Å². The maximum atomic E-state index is 12.1. The molecule has 180 valence electrons. The van der Waals surface area contributed by atoms with Crippen LogP contribution >= 0.6 is 0 Å². The molecule has 0 aliphatic heterocycles. The summed E-state index contributed by atoms with van der Waals surface area (Å²) in [6.45, 7) is 6.73. The summed E-state index contributed by atoms with van der Waals surface area (Å²) in [5.41, 5.74) is 0.851. The molecule has 0 fully saturated rings. The molecule has 3 aromatic rings. The molecule has 0 unspecified atom stereocenters. The molecule has 0 aromatic heterocycles. The smallest absolute Gasteiger partial charge is 0.261 e. The van der Waals surface area contributed by atoms with Crippen molar-refractivity contribution in [3.63, 3.8) is 0 Å². The summed E-state index contributed by atoms with van der Waals surface area (Å²) >= 11 is 0. The minimum absolute atomic E-state index is 0.176. The molecule has 0 amide bonds. The van der Waals surface area contributed by atoms with Gasteiger partial charge in [-0.1, -0.05) is 106 Å². The van der Waals surface area contributed by atoms with E-state index in [2.05, 4.69) is 49.8 Å². The second-order valence-corrected chi connectivity index (χ2v) is 15.5. The number of nitrogens with one attached hydrogen (secondary N) is 1. The van der Waals surface area contributed by atoms with Crippen LogP contribution in [0.1, 0.15) is 26.3 Å². The van der Waals surface area contributed by atoms with Crippen molar-refractivity contribution in [2.75, 3.05) is 12.9 Å². The van der Waals surface area contributed by atoms with Crippen LogP contribution < -0.4 is 15.1 Å². The minimum atomic E-state index is -3.47. The molecule has 0 spiro atoms. The van der Waals surface area contributed by atoms with Gasteiger partial charge in [0.2, 0.25) is 10.0 Å². The molecular weight excluding hydrogens is 462 g/mol. The van der Waals surface area contributed by atoms with Crippen molar-refractivity contribution >= 4 is 34.8 Å². The Morgan fingerprint density at radius 2 is 1.41 bits per heavy atom. The van der Waals surface area contributed by atoms with E-state index in [1.807, 2.05) is 42.5 Å². The van der Waals surface area contributed by atoms with Gasteiger partial charge < -0.3 is 9.53 Å². The number of sulfonamides is 1. The number of benzene rings is 3. The summed E-state index contributed by atoms with van der Waals surface area (Å²) in [5, 5.41) is 11.6. The van der Waals surface area contributed by atoms with E-state index in [9.17, 15) is 13.5 Å². The normalized spacial score (nSPS) is 13.8. The second kappa shape index (κ2) is 10.7. The summed E-state index contributed by atoms with van der Waals surface area (Å²) in [5.74, 6) is 0.179. The van der Waals surface area contributed by atoms with Gasteiger partial charge in [-0.25, -0.2) is 13.1 Å². The number of phenols is 1. The SMILES string of the molecule is CC(C)(C)[Si](OC[C@H](/C=C/c1ccc(O)cc1)NS(C)(=O)=O)(c1ccccc1)c1ccccc1. The lowest BCUT2D eigenvalue weighted by Crippen LogP contribution is -2.67. The molecule has 5 nitrogen and oxygen atoms in total. The van der Waals surface area contributed by atoms with Crippen LogP contribution in [0.25, 0.3) is 6.08 Å². The Labute approximate surface area is 204 Å². The second-order valence-electron chi connectivity index (χ2n) is 9.42. The molecule has 2 N–H and O–H groups in total. The van der Waals surface area contributed by atoms with Gasteiger partial charge in [-0.3, -0.25) is 0 Å². The van der Waals surface area contributed by atoms with Crippen molar-refractivity contribution in [1.82, 2.24) is 4.72 Å². The molecule has 7 heteroatoms. The first-order valence-corrected chi connectivity index (χ1v) is 15.0. The number of hydrogen-bond donors (Lipinski definition) is 2. The highest BCUT2D eigenvalue weighted by Crippen LogP contribution is 2.36. The van der Waals surface area contributed by atoms with Crippen molar-refractivity contribution in [2.24, 2.45) is 0 Å². The van der Waals surface area contributed by atoms with E-state index < -0.39 is 24.4 Å². The lowest BCUT2D eigenvalue weighted by molar-refractivity contribution is 0.281. The predicted molar refractivity (Wildman–Crippen MR) is 142 cm³/mol. The molecule has 0 bridgehead atoms. The van der Waals surface area contributed by atoms with Crippen LogP contribution in [0.3, 0.4) is 0 Å². The average Bonchev–Trinajstić information content (AvgIpc) is 2.78. The van der Waals surface area contributed by atoms with Gasteiger partial charge in [0.1, 0.15) is 5.75 Å². The van der Waals surface area contributed by atoms with Gasteiger partial charge in [-0.2, -0.15) is 0 Å². The van der Waals surface area contributed by atoms with Crippen molar-refractivity contribution in [3.05, 3.63) is 96.6 Å². The number of aromatic hydroxyl groups is 1. The molecular formula is C27H33NO4SSi. The fraction of sp³-hybridized carbons (Fsp3) is 0.259. The Balaban J connectivity index is 2.01. The third kappa shape index (κ3) is 6.45. The van der Waals surface area contributed by atoms with Crippen LogP contribution in [0.2, 0.25) is 5.04 Å². The van der Waals surface area contributed by atoms with E-state index in [1.54, 1.807) is 30.3 Å². The zero-order valence-corrected chi connectivity index (χ0v) is 21.9. The number of hydrogen-bond acceptors (Lipinski definition) is 4. The van der Waals surface area contributed by atoms with Crippen molar-refractivity contribution < 1.29 is 18.0 Å². The van der Waals surface area contributed by atoms with Crippen LogP contribution in [0.5, 0.6) is 5.75 Å². The molecule has 0 saturated heterocycles. The maximum Gasteiger partial charge on any atom is 0.261 e. The standard InChI is InChI=1S/C27H33NO4SSi/c1-27(2,3)34(25-11-7-5-8-12-25,26-13-9-6-10-14-26)32-21-23(28-33(4,30)31)18-15-22-16-19-24(29)20-17-22/h5-20,23,28-29H,21H2,1-4H3/b18-15+/t23-/m0/s1. The summed E-state index contributed by atoms with van der Waals surface area (Å²) in [6, 6.07) is 26.7. The summed E-state index contributed by atoms with van der Waals surface area (Å²) in [4.78, 5) is 0. The predicted octanol–water partition coefficient (Wildman–Crippen LogP) is 3.90. The van der Waals surface area contributed by atoms with Crippen LogP contribution in [0, 0.1) is 0 Å². The summed E-state index contributed by atoms with van der Waals surface area (Å²) < 4.78 is 33.9. The van der Waals surface area contributed by atoms with E-state index in [1.165, 1.54) is 0 Å². The maximum absolute atomic E-state index is 12.1. The van der Waals surface area contributed by atoms with Crippen LogP contribution in [0.4, 0.5) is 0 Å². The number of rotatable bonds is 9. The first-order valence-electron chi connectivity index (χ1n) is 11.2. The van der Waals surface area contributed by atoms with Crippen molar-refractivity contribution in [3.8, 4) is 5.75 Å². The monoisotopic (exact) mass is 495 g/mol. The quantitative estimate of drug-likeness (QED) is 0.442. The Hall–Kier alpha value is -2.71. The third-order valence-electron chi connectivity index (χ3n) is 5.68. The molecule has 0 saturated carbocycles. The third-order valence-corrected chi connectivity index (χ3v) is 11.4. The first kappa shape index (κ1) is 25.9. The topological polar surface area (TPSA) is 75.6 Å².